The molecule has 1 amide bonds. The van der Waals surface area contributed by atoms with Gasteiger partial charge < -0.3 is 13.9 Å². The molecule has 0 N–H and O–H groups in total. The van der Waals surface area contributed by atoms with E-state index < -0.39 is 32.3 Å². The van der Waals surface area contributed by atoms with Crippen LogP contribution in [-0.2, 0) is 21.9 Å². The van der Waals surface area contributed by atoms with E-state index in [1.807, 2.05) is 0 Å². The quantitative estimate of drug-likeness (QED) is 0.384. The van der Waals surface area contributed by atoms with Crippen LogP contribution in [0.3, 0.4) is 0 Å². The summed E-state index contributed by atoms with van der Waals surface area (Å²) >= 11 is 5.96. The number of rotatable bonds is 7. The zero-order valence-electron chi connectivity index (χ0n) is 19.7. The number of alkyl halides is 3. The molecule has 0 aliphatic carbocycles. The Balaban J connectivity index is 1.62. The highest BCUT2D eigenvalue weighted by molar-refractivity contribution is 6.74. The zero-order chi connectivity index (χ0) is 25.3. The number of cyclic esters (lactones) is 1. The second-order valence-corrected chi connectivity index (χ2v) is 14.8. The number of anilines is 1. The lowest BCUT2D eigenvalue weighted by Gasteiger charge is -2.36. The number of pyridine rings is 1. The van der Waals surface area contributed by atoms with Crippen LogP contribution in [0.1, 0.15) is 31.9 Å². The Bertz CT molecular complexity index is 1030. The second kappa shape index (κ2) is 9.75. The molecule has 1 aromatic carbocycles. The minimum atomic E-state index is -4.55. The molecule has 34 heavy (non-hydrogen) atoms. The lowest BCUT2D eigenvalue weighted by molar-refractivity contribution is -0.138. The van der Waals surface area contributed by atoms with E-state index in [1.165, 1.54) is 29.3 Å². The van der Waals surface area contributed by atoms with Crippen molar-refractivity contribution in [2.24, 2.45) is 0 Å². The highest BCUT2D eigenvalue weighted by Gasteiger charge is 2.40. The molecular formula is C23H28ClF3N2O4Si. The largest absolute Gasteiger partial charge is 0.487 e. The second-order valence-electron chi connectivity index (χ2n) is 9.59. The number of nitrogens with zero attached hydrogens (tertiary/aromatic N) is 2. The molecule has 0 unspecified atom stereocenters. The first kappa shape index (κ1) is 26.3. The summed E-state index contributed by atoms with van der Waals surface area (Å²) in [5, 5.41) is 0.00234. The fourth-order valence-electron chi connectivity index (χ4n) is 3.06. The molecule has 1 fully saturated rings. The van der Waals surface area contributed by atoms with Crippen LogP contribution in [0.2, 0.25) is 23.2 Å². The van der Waals surface area contributed by atoms with Crippen LogP contribution in [0.15, 0.2) is 36.5 Å². The maximum absolute atomic E-state index is 13.2. The number of benzene rings is 1. The SMILES string of the molecule is CC(C)(C)[Si](C)(C)OC[C@H]1CN(c2ccc(OCc3c(Cl)cccc3C(F)(F)F)cn2)C(=O)O1. The molecule has 0 bridgehead atoms. The summed E-state index contributed by atoms with van der Waals surface area (Å²) < 4.78 is 56.8. The molecular weight excluding hydrogens is 489 g/mol. The summed E-state index contributed by atoms with van der Waals surface area (Å²) in [7, 11) is -1.98. The van der Waals surface area contributed by atoms with Gasteiger partial charge in [0, 0.05) is 10.6 Å². The fourth-order valence-corrected chi connectivity index (χ4v) is 4.32. The molecule has 0 radical (unpaired) electrons. The minimum Gasteiger partial charge on any atom is -0.487 e. The monoisotopic (exact) mass is 516 g/mol. The van der Waals surface area contributed by atoms with Gasteiger partial charge in [0.05, 0.1) is 24.9 Å². The Kier molecular flexibility index (Phi) is 7.54. The Labute approximate surface area is 203 Å². The zero-order valence-corrected chi connectivity index (χ0v) is 21.5. The summed E-state index contributed by atoms with van der Waals surface area (Å²) in [5.74, 6) is 0.586. The first-order chi connectivity index (χ1) is 15.7. The van der Waals surface area contributed by atoms with Gasteiger partial charge >= 0.3 is 12.3 Å². The summed E-state index contributed by atoms with van der Waals surface area (Å²) in [6.45, 7) is 10.9. The molecule has 0 spiro atoms. The van der Waals surface area contributed by atoms with Gasteiger partial charge in [-0.15, -0.1) is 0 Å². The fraction of sp³-hybridized carbons (Fsp3) is 0.478. The van der Waals surface area contributed by atoms with E-state index in [-0.39, 0.29) is 34.5 Å². The van der Waals surface area contributed by atoms with Crippen LogP contribution < -0.4 is 9.64 Å². The number of aromatic nitrogens is 1. The van der Waals surface area contributed by atoms with Gasteiger partial charge in [0.2, 0.25) is 0 Å². The van der Waals surface area contributed by atoms with E-state index in [0.29, 0.717) is 12.4 Å². The number of carbonyl (C=O) groups excluding carboxylic acids is 1. The Morgan fingerprint density at radius 2 is 1.91 bits per heavy atom. The first-order valence-corrected chi connectivity index (χ1v) is 14.0. The third kappa shape index (κ3) is 6.03. The van der Waals surface area contributed by atoms with Crippen molar-refractivity contribution in [2.75, 3.05) is 18.1 Å². The molecule has 0 saturated carbocycles. The molecule has 1 saturated heterocycles. The number of ether oxygens (including phenoxy) is 2. The van der Waals surface area contributed by atoms with Crippen LogP contribution in [0, 0.1) is 0 Å². The van der Waals surface area contributed by atoms with Crippen LogP contribution in [0.4, 0.5) is 23.8 Å². The standard InChI is InChI=1S/C23H28ClF3N2O4Si/c1-22(2,3)34(4,5)32-13-16-12-29(21(30)33-16)20-10-9-15(11-28-20)31-14-17-18(23(25,26)27)7-6-8-19(17)24/h6-11,16H,12-14H2,1-5H3/t16-/m1/s1. The Hall–Kier alpha value is -2.30. The van der Waals surface area contributed by atoms with E-state index in [9.17, 15) is 18.0 Å². The highest BCUT2D eigenvalue weighted by atomic mass is 35.5. The molecule has 2 aromatic rings. The van der Waals surface area contributed by atoms with Crippen molar-refractivity contribution in [2.45, 2.75) is 57.8 Å². The maximum atomic E-state index is 13.2. The molecule has 1 aliphatic rings. The van der Waals surface area contributed by atoms with Crippen LogP contribution in [0.25, 0.3) is 0 Å². The van der Waals surface area contributed by atoms with Crippen molar-refractivity contribution in [3.05, 3.63) is 52.7 Å². The lowest BCUT2D eigenvalue weighted by atomic mass is 10.1. The Morgan fingerprint density at radius 3 is 2.50 bits per heavy atom. The van der Waals surface area contributed by atoms with Gasteiger partial charge in [-0.25, -0.2) is 9.78 Å². The third-order valence-electron chi connectivity index (χ3n) is 6.12. The van der Waals surface area contributed by atoms with Gasteiger partial charge in [-0.05, 0) is 42.4 Å². The maximum Gasteiger partial charge on any atom is 0.416 e. The van der Waals surface area contributed by atoms with Crippen molar-refractivity contribution in [1.82, 2.24) is 4.98 Å². The van der Waals surface area contributed by atoms with Crippen LogP contribution in [0.5, 0.6) is 5.75 Å². The van der Waals surface area contributed by atoms with Gasteiger partial charge in [0.25, 0.3) is 0 Å². The van der Waals surface area contributed by atoms with Gasteiger partial charge in [-0.1, -0.05) is 38.4 Å². The highest BCUT2D eigenvalue weighted by Crippen LogP contribution is 2.37. The van der Waals surface area contributed by atoms with Gasteiger partial charge in [-0.3, -0.25) is 4.90 Å². The first-order valence-electron chi connectivity index (χ1n) is 10.7. The normalized spacial score (nSPS) is 17.1. The molecule has 1 aliphatic heterocycles. The lowest BCUT2D eigenvalue weighted by Crippen LogP contribution is -2.43. The molecule has 1 atom stereocenters. The molecule has 186 valence electrons. The van der Waals surface area contributed by atoms with E-state index in [0.717, 1.165) is 6.07 Å². The Morgan fingerprint density at radius 1 is 1.21 bits per heavy atom. The smallest absolute Gasteiger partial charge is 0.416 e. The van der Waals surface area contributed by atoms with Crippen molar-refractivity contribution < 1.29 is 31.9 Å². The van der Waals surface area contributed by atoms with Crippen LogP contribution >= 0.6 is 11.6 Å². The van der Waals surface area contributed by atoms with Crippen molar-refractivity contribution in [3.8, 4) is 5.75 Å². The summed E-state index contributed by atoms with van der Waals surface area (Å²) in [6.07, 6.45) is -4.16. The summed E-state index contributed by atoms with van der Waals surface area (Å²) in [5.41, 5.74) is -1.01. The predicted molar refractivity (Wildman–Crippen MR) is 126 cm³/mol. The number of hydrogen-bond donors (Lipinski definition) is 0. The summed E-state index contributed by atoms with van der Waals surface area (Å²) in [4.78, 5) is 17.9. The van der Waals surface area contributed by atoms with Gasteiger partial charge in [0.15, 0.2) is 8.32 Å². The molecule has 1 aromatic heterocycles. The van der Waals surface area contributed by atoms with E-state index >= 15 is 0 Å². The summed E-state index contributed by atoms with van der Waals surface area (Å²) in [6, 6.07) is 6.64. The topological polar surface area (TPSA) is 60.9 Å². The van der Waals surface area contributed by atoms with Gasteiger partial charge in [0.1, 0.15) is 24.3 Å². The van der Waals surface area contributed by atoms with Crippen LogP contribution in [-0.4, -0.2) is 38.7 Å². The average Bonchev–Trinajstić information content (AvgIpc) is 3.11. The van der Waals surface area contributed by atoms with Crippen molar-refractivity contribution in [3.63, 3.8) is 0 Å². The third-order valence-corrected chi connectivity index (χ3v) is 11.0. The van der Waals surface area contributed by atoms with E-state index in [2.05, 4.69) is 38.8 Å². The number of halogens is 4. The number of carbonyl (C=O) groups is 1. The van der Waals surface area contributed by atoms with Crippen molar-refractivity contribution >= 4 is 31.8 Å². The number of hydrogen-bond acceptors (Lipinski definition) is 5. The average molecular weight is 517 g/mol. The van der Waals surface area contributed by atoms with E-state index in [4.69, 9.17) is 25.5 Å². The van der Waals surface area contributed by atoms with Crippen molar-refractivity contribution in [1.29, 1.82) is 0 Å². The van der Waals surface area contributed by atoms with E-state index in [1.54, 1.807) is 6.07 Å². The van der Waals surface area contributed by atoms with Gasteiger partial charge in [-0.2, -0.15) is 13.2 Å². The molecule has 11 heteroatoms. The predicted octanol–water partition coefficient (Wildman–Crippen LogP) is 6.68. The number of amides is 1. The molecule has 3 rings (SSSR count). The molecule has 2 heterocycles. The molecule has 6 nitrogen and oxygen atoms in total. The minimum absolute atomic E-state index is 0.0369.